The summed E-state index contributed by atoms with van der Waals surface area (Å²) in [7, 11) is 0. The number of carbonyl (C=O) groups is 1. The highest BCUT2D eigenvalue weighted by Crippen LogP contribution is 2.27. The van der Waals surface area contributed by atoms with Gasteiger partial charge in [-0.3, -0.25) is 5.41 Å². The van der Waals surface area contributed by atoms with E-state index in [1.807, 2.05) is 43.3 Å². The Labute approximate surface area is 205 Å². The van der Waals surface area contributed by atoms with E-state index in [2.05, 4.69) is 15.6 Å². The standard InChI is InChI=1S/C25H29N5O3.ClH/c1-3-32-21-14-17(16-29-22-7-5-6-12-28-22)13-19(15-21)23(25(31)33-4-2)30-20-10-8-18(9-11-20)24(26)27;/h5-15,23,30H,3-4,16H2,1-2H3,(H3,26,27)(H,28,29);1H. The molecule has 5 N–H and O–H groups in total. The number of anilines is 2. The van der Waals surface area contributed by atoms with E-state index in [4.69, 9.17) is 20.6 Å². The normalized spacial score (nSPS) is 11.0. The van der Waals surface area contributed by atoms with Crippen LogP contribution in [0.15, 0.2) is 66.9 Å². The fraction of sp³-hybridized carbons (Fsp3) is 0.240. The lowest BCUT2D eigenvalue weighted by molar-refractivity contribution is -0.144. The number of carbonyl (C=O) groups excluding carboxylic acids is 1. The second-order valence-electron chi connectivity index (χ2n) is 7.23. The quantitative estimate of drug-likeness (QED) is 0.180. The number of nitrogens with zero attached hydrogens (tertiary/aromatic N) is 1. The van der Waals surface area contributed by atoms with Crippen molar-refractivity contribution in [3.63, 3.8) is 0 Å². The number of hydrogen-bond acceptors (Lipinski definition) is 7. The zero-order valence-corrected chi connectivity index (χ0v) is 20.0. The van der Waals surface area contributed by atoms with Crippen molar-refractivity contribution in [2.75, 3.05) is 23.8 Å². The lowest BCUT2D eigenvalue weighted by atomic mass is 10.0. The van der Waals surface area contributed by atoms with E-state index in [0.29, 0.717) is 35.7 Å². The van der Waals surface area contributed by atoms with E-state index in [9.17, 15) is 4.79 Å². The van der Waals surface area contributed by atoms with Gasteiger partial charge < -0.3 is 25.8 Å². The van der Waals surface area contributed by atoms with Crippen molar-refractivity contribution in [1.82, 2.24) is 4.98 Å². The topological polar surface area (TPSA) is 122 Å². The summed E-state index contributed by atoms with van der Waals surface area (Å²) in [4.78, 5) is 17.2. The van der Waals surface area contributed by atoms with Crippen LogP contribution in [-0.4, -0.2) is 30.0 Å². The van der Waals surface area contributed by atoms with Crippen molar-refractivity contribution in [3.8, 4) is 5.75 Å². The van der Waals surface area contributed by atoms with Gasteiger partial charge in [-0.2, -0.15) is 0 Å². The average molecular weight is 484 g/mol. The van der Waals surface area contributed by atoms with E-state index < -0.39 is 12.0 Å². The summed E-state index contributed by atoms with van der Waals surface area (Å²) in [6, 6.07) is 17.6. The Bertz CT molecular complexity index is 1080. The Kier molecular flexibility index (Phi) is 10.2. The Morgan fingerprint density at radius 3 is 2.47 bits per heavy atom. The van der Waals surface area contributed by atoms with Crippen LogP contribution >= 0.6 is 12.4 Å². The first kappa shape index (κ1) is 26.5. The molecule has 8 nitrogen and oxygen atoms in total. The number of nitrogens with two attached hydrogens (primary N) is 1. The van der Waals surface area contributed by atoms with E-state index in [1.165, 1.54) is 0 Å². The Hall–Kier alpha value is -3.78. The molecule has 0 saturated carbocycles. The second-order valence-corrected chi connectivity index (χ2v) is 7.23. The number of rotatable bonds is 11. The predicted octanol–water partition coefficient (Wildman–Crippen LogP) is 4.51. The van der Waals surface area contributed by atoms with Gasteiger partial charge in [-0.25, -0.2) is 9.78 Å². The fourth-order valence-electron chi connectivity index (χ4n) is 3.28. The molecule has 0 bridgehead atoms. The fourth-order valence-corrected chi connectivity index (χ4v) is 3.28. The number of nitrogens with one attached hydrogen (secondary N) is 3. The van der Waals surface area contributed by atoms with Crippen molar-refractivity contribution in [2.45, 2.75) is 26.4 Å². The first-order valence-electron chi connectivity index (χ1n) is 10.8. The summed E-state index contributed by atoms with van der Waals surface area (Å²) >= 11 is 0. The molecule has 0 aliphatic rings. The number of aromatic nitrogens is 1. The molecule has 0 radical (unpaired) electrons. The van der Waals surface area contributed by atoms with Crippen LogP contribution in [0.25, 0.3) is 0 Å². The molecular formula is C25H30ClN5O3. The van der Waals surface area contributed by atoms with Crippen LogP contribution in [0.3, 0.4) is 0 Å². The van der Waals surface area contributed by atoms with Crippen LogP contribution in [-0.2, 0) is 16.1 Å². The van der Waals surface area contributed by atoms with Gasteiger partial charge in [0.1, 0.15) is 17.4 Å². The molecule has 0 aliphatic heterocycles. The van der Waals surface area contributed by atoms with Crippen LogP contribution in [0.1, 0.15) is 36.6 Å². The van der Waals surface area contributed by atoms with Crippen LogP contribution in [0.4, 0.5) is 11.5 Å². The van der Waals surface area contributed by atoms with Crippen LogP contribution in [0.5, 0.6) is 5.75 Å². The molecule has 180 valence electrons. The highest BCUT2D eigenvalue weighted by molar-refractivity contribution is 5.95. The number of halogens is 1. The van der Waals surface area contributed by atoms with Crippen molar-refractivity contribution in [3.05, 3.63) is 83.6 Å². The number of nitrogen functional groups attached to an aromatic ring is 1. The Morgan fingerprint density at radius 2 is 1.85 bits per heavy atom. The van der Waals surface area contributed by atoms with Crippen molar-refractivity contribution < 1.29 is 14.3 Å². The zero-order chi connectivity index (χ0) is 23.6. The molecule has 3 aromatic rings. The smallest absolute Gasteiger partial charge is 0.333 e. The van der Waals surface area contributed by atoms with Crippen LogP contribution in [0, 0.1) is 5.41 Å². The summed E-state index contributed by atoms with van der Waals surface area (Å²) in [6.07, 6.45) is 1.72. The molecular weight excluding hydrogens is 454 g/mol. The molecule has 1 unspecified atom stereocenters. The molecule has 0 spiro atoms. The van der Waals surface area contributed by atoms with E-state index in [0.717, 1.165) is 11.4 Å². The first-order valence-corrected chi connectivity index (χ1v) is 10.8. The van der Waals surface area contributed by atoms with E-state index in [-0.39, 0.29) is 24.8 Å². The Morgan fingerprint density at radius 1 is 1.09 bits per heavy atom. The summed E-state index contributed by atoms with van der Waals surface area (Å²) in [5, 5.41) is 14.1. The molecule has 0 fully saturated rings. The minimum Gasteiger partial charge on any atom is -0.494 e. The average Bonchev–Trinajstić information content (AvgIpc) is 2.82. The highest BCUT2D eigenvalue weighted by atomic mass is 35.5. The van der Waals surface area contributed by atoms with Gasteiger partial charge in [0.25, 0.3) is 0 Å². The third-order valence-electron chi connectivity index (χ3n) is 4.80. The molecule has 34 heavy (non-hydrogen) atoms. The van der Waals surface area contributed by atoms with Gasteiger partial charge in [0.2, 0.25) is 0 Å². The van der Waals surface area contributed by atoms with Crippen molar-refractivity contribution >= 4 is 35.7 Å². The molecule has 0 aliphatic carbocycles. The SMILES string of the molecule is CCOC(=O)C(Nc1ccc(C(=N)N)cc1)c1cc(CNc2ccccn2)cc(OCC)c1.Cl. The van der Waals surface area contributed by atoms with Gasteiger partial charge in [0.05, 0.1) is 13.2 Å². The summed E-state index contributed by atoms with van der Waals surface area (Å²) in [5.41, 5.74) is 8.50. The maximum Gasteiger partial charge on any atom is 0.333 e. The molecule has 1 aromatic heterocycles. The van der Waals surface area contributed by atoms with Crippen molar-refractivity contribution in [1.29, 1.82) is 5.41 Å². The summed E-state index contributed by atoms with van der Waals surface area (Å²) < 4.78 is 11.1. The number of amidine groups is 1. The largest absolute Gasteiger partial charge is 0.494 e. The first-order chi connectivity index (χ1) is 16.0. The number of hydrogen-bond donors (Lipinski definition) is 4. The maximum atomic E-state index is 12.9. The number of benzene rings is 2. The number of esters is 1. The molecule has 9 heteroatoms. The predicted molar refractivity (Wildman–Crippen MR) is 137 cm³/mol. The number of pyridine rings is 1. The molecule has 0 amide bonds. The minimum absolute atomic E-state index is 0. The van der Waals surface area contributed by atoms with Gasteiger partial charge in [-0.1, -0.05) is 12.1 Å². The van der Waals surface area contributed by atoms with Gasteiger partial charge >= 0.3 is 5.97 Å². The molecule has 3 rings (SSSR count). The van der Waals surface area contributed by atoms with Gasteiger partial charge in [-0.05, 0) is 73.5 Å². The summed E-state index contributed by atoms with van der Waals surface area (Å²) in [5.74, 6) is 1.01. The van der Waals surface area contributed by atoms with Gasteiger partial charge in [0, 0.05) is 24.0 Å². The Balaban J connectivity index is 0.00000408. The zero-order valence-electron chi connectivity index (χ0n) is 19.2. The van der Waals surface area contributed by atoms with Crippen LogP contribution < -0.4 is 21.1 Å². The highest BCUT2D eigenvalue weighted by Gasteiger charge is 2.23. The number of ether oxygens (including phenoxy) is 2. The second kappa shape index (κ2) is 13.1. The third-order valence-corrected chi connectivity index (χ3v) is 4.80. The van der Waals surface area contributed by atoms with Crippen LogP contribution in [0.2, 0.25) is 0 Å². The van der Waals surface area contributed by atoms with Crippen molar-refractivity contribution in [2.24, 2.45) is 5.73 Å². The van der Waals surface area contributed by atoms with E-state index in [1.54, 1.807) is 37.4 Å². The lowest BCUT2D eigenvalue weighted by Crippen LogP contribution is -2.24. The van der Waals surface area contributed by atoms with Gasteiger partial charge in [0.15, 0.2) is 6.04 Å². The van der Waals surface area contributed by atoms with E-state index >= 15 is 0 Å². The lowest BCUT2D eigenvalue weighted by Gasteiger charge is -2.21. The molecule has 1 heterocycles. The molecule has 1 atom stereocenters. The van der Waals surface area contributed by atoms with Gasteiger partial charge in [-0.15, -0.1) is 12.4 Å². The molecule has 2 aromatic carbocycles. The molecule has 0 saturated heterocycles. The summed E-state index contributed by atoms with van der Waals surface area (Å²) in [6.45, 7) is 4.96. The third kappa shape index (κ3) is 7.38. The maximum absolute atomic E-state index is 12.9. The minimum atomic E-state index is -0.748. The monoisotopic (exact) mass is 483 g/mol.